The number of hydrogen-bond donors (Lipinski definition) is 2. The normalized spacial score (nSPS) is 16.5. The van der Waals surface area contributed by atoms with Crippen LogP contribution < -0.4 is 10.6 Å². The van der Waals surface area contributed by atoms with E-state index in [9.17, 15) is 4.39 Å². The Labute approximate surface area is 202 Å². The summed E-state index contributed by atoms with van der Waals surface area (Å²) in [5.41, 5.74) is 3.63. The van der Waals surface area contributed by atoms with Gasteiger partial charge in [-0.1, -0.05) is 42.0 Å². The SMILES string of the molecule is CN=C(NCC(OC)c1ccc(F)cc1)NC1CCN(Cc2cccc(C)c2)CC1.I. The van der Waals surface area contributed by atoms with E-state index in [1.165, 1.54) is 23.3 Å². The fourth-order valence-electron chi connectivity index (χ4n) is 3.90. The number of halogens is 2. The van der Waals surface area contributed by atoms with Crippen LogP contribution in [0.5, 0.6) is 0 Å². The summed E-state index contributed by atoms with van der Waals surface area (Å²) in [6.45, 7) is 5.85. The van der Waals surface area contributed by atoms with E-state index in [1.54, 1.807) is 26.3 Å². The topological polar surface area (TPSA) is 48.9 Å². The van der Waals surface area contributed by atoms with E-state index in [2.05, 4.69) is 51.7 Å². The number of aliphatic imine (C=N–C) groups is 1. The van der Waals surface area contributed by atoms with Gasteiger partial charge in [-0.05, 0) is 43.0 Å². The van der Waals surface area contributed by atoms with Gasteiger partial charge in [0.15, 0.2) is 5.96 Å². The number of nitrogens with one attached hydrogen (secondary N) is 2. The summed E-state index contributed by atoms with van der Waals surface area (Å²) in [5.74, 6) is 0.532. The van der Waals surface area contributed by atoms with Crippen LogP contribution >= 0.6 is 24.0 Å². The van der Waals surface area contributed by atoms with Crippen LogP contribution in [-0.2, 0) is 11.3 Å². The molecule has 0 aromatic heterocycles. The Balaban J connectivity index is 0.00000341. The van der Waals surface area contributed by atoms with Crippen molar-refractivity contribution >= 4 is 29.9 Å². The molecule has 0 bridgehead atoms. The molecule has 7 heteroatoms. The van der Waals surface area contributed by atoms with Crippen molar-refractivity contribution in [2.75, 3.05) is 33.8 Å². The highest BCUT2D eigenvalue weighted by molar-refractivity contribution is 14.0. The third-order valence-electron chi connectivity index (χ3n) is 5.62. The summed E-state index contributed by atoms with van der Waals surface area (Å²) < 4.78 is 18.7. The molecule has 0 amide bonds. The van der Waals surface area contributed by atoms with Crippen molar-refractivity contribution in [1.82, 2.24) is 15.5 Å². The molecule has 1 aliphatic rings. The Bertz CT molecular complexity index is 823. The molecule has 1 atom stereocenters. The number of aryl methyl sites for hydroxylation is 1. The zero-order valence-corrected chi connectivity index (χ0v) is 20.9. The van der Waals surface area contributed by atoms with Gasteiger partial charge in [-0.25, -0.2) is 4.39 Å². The highest BCUT2D eigenvalue weighted by Crippen LogP contribution is 2.17. The second kappa shape index (κ2) is 13.0. The Morgan fingerprint density at radius 2 is 1.90 bits per heavy atom. The highest BCUT2D eigenvalue weighted by atomic mass is 127. The summed E-state index contributed by atoms with van der Waals surface area (Å²) in [6, 6.07) is 15.6. The van der Waals surface area contributed by atoms with E-state index in [-0.39, 0.29) is 35.9 Å². The Kier molecular flexibility index (Phi) is 10.7. The lowest BCUT2D eigenvalue weighted by atomic mass is 10.0. The molecule has 1 aliphatic heterocycles. The quantitative estimate of drug-likeness (QED) is 0.313. The number of methoxy groups -OCH3 is 1. The van der Waals surface area contributed by atoms with Crippen LogP contribution in [-0.4, -0.2) is 50.7 Å². The summed E-state index contributed by atoms with van der Waals surface area (Å²) in [4.78, 5) is 6.87. The first kappa shape index (κ1) is 25.5. The van der Waals surface area contributed by atoms with Crippen LogP contribution in [0.4, 0.5) is 4.39 Å². The minimum atomic E-state index is -0.243. The van der Waals surface area contributed by atoms with Gasteiger partial charge in [-0.3, -0.25) is 9.89 Å². The molecule has 1 unspecified atom stereocenters. The molecule has 170 valence electrons. The zero-order valence-electron chi connectivity index (χ0n) is 18.6. The van der Waals surface area contributed by atoms with E-state index in [0.717, 1.165) is 44.0 Å². The lowest BCUT2D eigenvalue weighted by Crippen LogP contribution is -2.49. The standard InChI is InChI=1S/C24H33FN4O.HI/c1-18-5-4-6-19(15-18)17-29-13-11-22(12-14-29)28-24(26-2)27-16-23(30-3)20-7-9-21(25)10-8-20;/h4-10,15,22-23H,11-14,16-17H2,1-3H3,(H2,26,27,28);1H. The number of rotatable bonds is 7. The van der Waals surface area contributed by atoms with Crippen molar-refractivity contribution in [1.29, 1.82) is 0 Å². The zero-order chi connectivity index (χ0) is 21.3. The average Bonchev–Trinajstić information content (AvgIpc) is 2.75. The predicted octanol–water partition coefficient (Wildman–Crippen LogP) is 4.27. The minimum absolute atomic E-state index is 0. The average molecular weight is 540 g/mol. The Morgan fingerprint density at radius 3 is 2.52 bits per heavy atom. The van der Waals surface area contributed by atoms with Crippen molar-refractivity contribution < 1.29 is 9.13 Å². The predicted molar refractivity (Wildman–Crippen MR) is 136 cm³/mol. The van der Waals surface area contributed by atoms with E-state index in [4.69, 9.17) is 4.74 Å². The molecule has 1 fully saturated rings. The van der Waals surface area contributed by atoms with Gasteiger partial charge in [0.25, 0.3) is 0 Å². The first-order valence-electron chi connectivity index (χ1n) is 10.6. The highest BCUT2D eigenvalue weighted by Gasteiger charge is 2.20. The van der Waals surface area contributed by atoms with Crippen molar-refractivity contribution in [2.45, 2.75) is 38.5 Å². The van der Waals surface area contributed by atoms with Crippen molar-refractivity contribution in [3.63, 3.8) is 0 Å². The van der Waals surface area contributed by atoms with Crippen LogP contribution in [0, 0.1) is 12.7 Å². The van der Waals surface area contributed by atoms with Gasteiger partial charge in [-0.15, -0.1) is 24.0 Å². The number of nitrogens with zero attached hydrogens (tertiary/aromatic N) is 2. The van der Waals surface area contributed by atoms with Gasteiger partial charge >= 0.3 is 0 Å². The molecule has 0 radical (unpaired) electrons. The van der Waals surface area contributed by atoms with Crippen molar-refractivity contribution in [3.8, 4) is 0 Å². The Morgan fingerprint density at radius 1 is 1.19 bits per heavy atom. The van der Waals surface area contributed by atoms with Gasteiger partial charge in [-0.2, -0.15) is 0 Å². The monoisotopic (exact) mass is 540 g/mol. The first-order chi connectivity index (χ1) is 14.6. The smallest absolute Gasteiger partial charge is 0.191 e. The lowest BCUT2D eigenvalue weighted by Gasteiger charge is -2.33. The summed E-state index contributed by atoms with van der Waals surface area (Å²) in [5, 5.41) is 6.88. The molecule has 0 aliphatic carbocycles. The molecule has 2 aromatic carbocycles. The second-order valence-electron chi connectivity index (χ2n) is 7.91. The van der Waals surface area contributed by atoms with E-state index in [1.807, 2.05) is 0 Å². The van der Waals surface area contributed by atoms with E-state index in [0.29, 0.717) is 12.6 Å². The minimum Gasteiger partial charge on any atom is -0.375 e. The molecule has 0 saturated carbocycles. The molecule has 2 aromatic rings. The number of ether oxygens (including phenoxy) is 1. The van der Waals surface area contributed by atoms with Gasteiger partial charge in [0.2, 0.25) is 0 Å². The van der Waals surface area contributed by atoms with E-state index < -0.39 is 0 Å². The third-order valence-corrected chi connectivity index (χ3v) is 5.62. The van der Waals surface area contributed by atoms with Gasteiger partial charge in [0.05, 0.1) is 6.10 Å². The molecule has 1 heterocycles. The van der Waals surface area contributed by atoms with Crippen LogP contribution in [0.3, 0.4) is 0 Å². The fraction of sp³-hybridized carbons (Fsp3) is 0.458. The summed E-state index contributed by atoms with van der Waals surface area (Å²) >= 11 is 0. The molecule has 0 spiro atoms. The maximum absolute atomic E-state index is 13.2. The maximum atomic E-state index is 13.2. The van der Waals surface area contributed by atoms with Crippen molar-refractivity contribution in [3.05, 3.63) is 71.0 Å². The molecule has 5 nitrogen and oxygen atoms in total. The molecular weight excluding hydrogens is 506 g/mol. The third kappa shape index (κ3) is 8.05. The van der Waals surface area contributed by atoms with Gasteiger partial charge < -0.3 is 15.4 Å². The largest absolute Gasteiger partial charge is 0.375 e. The Hall–Kier alpha value is -1.71. The molecule has 31 heavy (non-hydrogen) atoms. The lowest BCUT2D eigenvalue weighted by molar-refractivity contribution is 0.106. The van der Waals surface area contributed by atoms with Gasteiger partial charge in [0.1, 0.15) is 5.82 Å². The number of guanidine groups is 1. The molecule has 1 saturated heterocycles. The fourth-order valence-corrected chi connectivity index (χ4v) is 3.90. The summed E-state index contributed by atoms with van der Waals surface area (Å²) in [6.07, 6.45) is 2.00. The first-order valence-corrected chi connectivity index (χ1v) is 10.6. The van der Waals surface area contributed by atoms with Crippen LogP contribution in [0.15, 0.2) is 53.5 Å². The maximum Gasteiger partial charge on any atom is 0.191 e. The summed E-state index contributed by atoms with van der Waals surface area (Å²) in [7, 11) is 3.44. The number of hydrogen-bond acceptors (Lipinski definition) is 3. The van der Waals surface area contributed by atoms with Crippen LogP contribution in [0.1, 0.15) is 35.6 Å². The molecular formula is C24H34FIN4O. The number of benzene rings is 2. The van der Waals surface area contributed by atoms with Crippen LogP contribution in [0.25, 0.3) is 0 Å². The number of piperidine rings is 1. The molecule has 2 N–H and O–H groups in total. The van der Waals surface area contributed by atoms with Crippen LogP contribution in [0.2, 0.25) is 0 Å². The van der Waals surface area contributed by atoms with E-state index >= 15 is 0 Å². The van der Waals surface area contributed by atoms with Crippen molar-refractivity contribution in [2.24, 2.45) is 4.99 Å². The van der Waals surface area contributed by atoms with Gasteiger partial charge in [0, 0.05) is 46.4 Å². The second-order valence-corrected chi connectivity index (χ2v) is 7.91. The molecule has 3 rings (SSSR count). The number of likely N-dealkylation sites (tertiary alicyclic amines) is 1.